The smallest absolute Gasteiger partial charge is 0.343 e. The molecule has 0 aromatic heterocycles. The SMILES string of the molecule is CCOc1cc(C=C(C#N)C(=O)N2CCc3ccccc32)ccc1OC(=O)c1cccc([N+](=O)[O-])c1. The lowest BCUT2D eigenvalue weighted by Gasteiger charge is -2.16. The second-order valence-electron chi connectivity index (χ2n) is 7.84. The molecule has 0 aliphatic carbocycles. The molecule has 0 fully saturated rings. The number of carbonyl (C=O) groups excluding carboxylic acids is 2. The normalized spacial score (nSPS) is 12.4. The van der Waals surface area contributed by atoms with Crippen molar-refractivity contribution in [2.45, 2.75) is 13.3 Å². The van der Waals surface area contributed by atoms with Crippen LogP contribution in [0, 0.1) is 21.4 Å². The summed E-state index contributed by atoms with van der Waals surface area (Å²) in [5, 5.41) is 20.7. The van der Waals surface area contributed by atoms with E-state index in [2.05, 4.69) is 0 Å². The zero-order chi connectivity index (χ0) is 25.7. The van der Waals surface area contributed by atoms with E-state index in [-0.39, 0.29) is 34.9 Å². The van der Waals surface area contributed by atoms with Crippen molar-refractivity contribution in [2.75, 3.05) is 18.1 Å². The van der Waals surface area contributed by atoms with Gasteiger partial charge in [-0.2, -0.15) is 5.26 Å². The Hall–Kier alpha value is -4.97. The Morgan fingerprint density at radius 2 is 1.92 bits per heavy atom. The molecule has 1 aliphatic heterocycles. The molecule has 0 saturated carbocycles. The third-order valence-electron chi connectivity index (χ3n) is 5.56. The van der Waals surface area contributed by atoms with Crippen LogP contribution in [0.3, 0.4) is 0 Å². The molecule has 9 heteroatoms. The van der Waals surface area contributed by atoms with E-state index in [1.54, 1.807) is 24.0 Å². The average Bonchev–Trinajstić information content (AvgIpc) is 3.32. The van der Waals surface area contributed by atoms with Gasteiger partial charge in [-0.1, -0.05) is 30.3 Å². The van der Waals surface area contributed by atoms with Crippen molar-refractivity contribution >= 4 is 29.3 Å². The van der Waals surface area contributed by atoms with Crippen LogP contribution in [0.2, 0.25) is 0 Å². The van der Waals surface area contributed by atoms with Gasteiger partial charge in [0.2, 0.25) is 0 Å². The number of hydrogen-bond donors (Lipinski definition) is 0. The average molecular weight is 483 g/mol. The summed E-state index contributed by atoms with van der Waals surface area (Å²) in [5.41, 5.74) is 2.09. The van der Waals surface area contributed by atoms with Crippen molar-refractivity contribution < 1.29 is 24.0 Å². The minimum atomic E-state index is -0.788. The Morgan fingerprint density at radius 1 is 1.11 bits per heavy atom. The number of para-hydroxylation sites is 1. The standard InChI is InChI=1S/C27H21N3O6/c1-2-35-25-15-18(10-11-24(25)36-27(32)20-7-5-8-22(16-20)30(33)34)14-21(17-28)26(31)29-13-12-19-6-3-4-9-23(19)29/h3-11,14-16H,2,12-13H2,1H3. The number of nitro groups is 1. The first-order valence-corrected chi connectivity index (χ1v) is 11.2. The number of esters is 1. The quantitative estimate of drug-likeness (QED) is 0.119. The Labute approximate surface area is 206 Å². The minimum Gasteiger partial charge on any atom is -0.490 e. The second-order valence-corrected chi connectivity index (χ2v) is 7.84. The summed E-state index contributed by atoms with van der Waals surface area (Å²) in [7, 11) is 0. The second kappa shape index (κ2) is 10.5. The Kier molecular flexibility index (Phi) is 7.07. The molecule has 3 aromatic carbocycles. The monoisotopic (exact) mass is 483 g/mol. The lowest BCUT2D eigenvalue weighted by atomic mass is 10.1. The number of anilines is 1. The van der Waals surface area contributed by atoms with E-state index in [0.29, 0.717) is 12.1 Å². The molecule has 1 aliphatic rings. The number of nitrogens with zero attached hydrogens (tertiary/aromatic N) is 3. The molecule has 0 unspecified atom stereocenters. The van der Waals surface area contributed by atoms with Crippen LogP contribution in [0.4, 0.5) is 11.4 Å². The number of amides is 1. The molecule has 9 nitrogen and oxygen atoms in total. The van der Waals surface area contributed by atoms with E-state index < -0.39 is 16.8 Å². The Morgan fingerprint density at radius 3 is 2.67 bits per heavy atom. The van der Waals surface area contributed by atoms with Crippen LogP contribution in [-0.2, 0) is 11.2 Å². The first kappa shape index (κ1) is 24.2. The van der Waals surface area contributed by atoms with E-state index >= 15 is 0 Å². The molecule has 0 atom stereocenters. The van der Waals surface area contributed by atoms with Crippen LogP contribution >= 0.6 is 0 Å². The zero-order valence-electron chi connectivity index (χ0n) is 19.3. The first-order chi connectivity index (χ1) is 17.4. The highest BCUT2D eigenvalue weighted by molar-refractivity contribution is 6.12. The molecule has 0 saturated heterocycles. The highest BCUT2D eigenvalue weighted by atomic mass is 16.6. The maximum atomic E-state index is 13.1. The summed E-state index contributed by atoms with van der Waals surface area (Å²) >= 11 is 0. The number of hydrogen-bond acceptors (Lipinski definition) is 7. The highest BCUT2D eigenvalue weighted by Gasteiger charge is 2.26. The Balaban J connectivity index is 1.58. The molecule has 4 rings (SSSR count). The molecular weight excluding hydrogens is 462 g/mol. The van der Waals surface area contributed by atoms with Gasteiger partial charge in [-0.25, -0.2) is 4.79 Å². The van der Waals surface area contributed by atoms with Crippen LogP contribution < -0.4 is 14.4 Å². The lowest BCUT2D eigenvalue weighted by Crippen LogP contribution is -2.29. The predicted octanol–water partition coefficient (Wildman–Crippen LogP) is 4.71. The number of fused-ring (bicyclic) bond motifs is 1. The van der Waals surface area contributed by atoms with E-state index in [0.717, 1.165) is 23.7 Å². The van der Waals surface area contributed by atoms with Gasteiger partial charge in [-0.05, 0) is 54.8 Å². The molecule has 0 spiro atoms. The molecule has 0 radical (unpaired) electrons. The van der Waals surface area contributed by atoms with Gasteiger partial charge in [0.15, 0.2) is 11.5 Å². The van der Waals surface area contributed by atoms with E-state index in [1.165, 1.54) is 30.3 Å². The molecule has 1 amide bonds. The maximum absolute atomic E-state index is 13.1. The molecule has 0 bridgehead atoms. The summed E-state index contributed by atoms with van der Waals surface area (Å²) < 4.78 is 11.0. The van der Waals surface area contributed by atoms with Gasteiger partial charge in [-0.3, -0.25) is 14.9 Å². The molecule has 1 heterocycles. The van der Waals surface area contributed by atoms with Crippen molar-refractivity contribution in [2.24, 2.45) is 0 Å². The van der Waals surface area contributed by atoms with Gasteiger partial charge in [0.1, 0.15) is 11.6 Å². The maximum Gasteiger partial charge on any atom is 0.343 e. The largest absolute Gasteiger partial charge is 0.490 e. The van der Waals surface area contributed by atoms with Crippen molar-refractivity contribution in [3.63, 3.8) is 0 Å². The van der Waals surface area contributed by atoms with Gasteiger partial charge in [-0.15, -0.1) is 0 Å². The fourth-order valence-electron chi connectivity index (χ4n) is 3.88. The van der Waals surface area contributed by atoms with Crippen molar-refractivity contribution in [3.05, 3.63) is 99.1 Å². The molecule has 180 valence electrons. The molecular formula is C27H21N3O6. The fourth-order valence-corrected chi connectivity index (χ4v) is 3.88. The third-order valence-corrected chi connectivity index (χ3v) is 5.56. The number of carbonyl (C=O) groups is 2. The van der Waals surface area contributed by atoms with Crippen molar-refractivity contribution in [3.8, 4) is 17.6 Å². The predicted molar refractivity (Wildman–Crippen MR) is 132 cm³/mol. The number of ether oxygens (including phenoxy) is 2. The van der Waals surface area contributed by atoms with E-state index in [4.69, 9.17) is 9.47 Å². The molecule has 3 aromatic rings. The summed E-state index contributed by atoms with van der Waals surface area (Å²) in [5.74, 6) is -0.866. The van der Waals surface area contributed by atoms with Crippen molar-refractivity contribution in [1.82, 2.24) is 0 Å². The van der Waals surface area contributed by atoms with E-state index in [9.17, 15) is 25.0 Å². The summed E-state index contributed by atoms with van der Waals surface area (Å²) in [4.78, 5) is 37.7. The number of non-ortho nitro benzene ring substituents is 1. The number of rotatable bonds is 7. The summed E-state index contributed by atoms with van der Waals surface area (Å²) in [6, 6.07) is 19.4. The molecule has 36 heavy (non-hydrogen) atoms. The Bertz CT molecular complexity index is 1420. The van der Waals surface area contributed by atoms with E-state index in [1.807, 2.05) is 30.3 Å². The minimum absolute atomic E-state index is 0.0129. The highest BCUT2D eigenvalue weighted by Crippen LogP contribution is 2.32. The summed E-state index contributed by atoms with van der Waals surface area (Å²) in [6.07, 6.45) is 2.18. The van der Waals surface area contributed by atoms with Crippen LogP contribution in [0.1, 0.15) is 28.4 Å². The zero-order valence-corrected chi connectivity index (χ0v) is 19.3. The van der Waals surface area contributed by atoms with Gasteiger partial charge >= 0.3 is 5.97 Å². The topological polar surface area (TPSA) is 123 Å². The molecule has 0 N–H and O–H groups in total. The van der Waals surface area contributed by atoms with Crippen molar-refractivity contribution in [1.29, 1.82) is 5.26 Å². The lowest BCUT2D eigenvalue weighted by molar-refractivity contribution is -0.384. The van der Waals surface area contributed by atoms with Gasteiger partial charge in [0, 0.05) is 24.4 Å². The van der Waals surface area contributed by atoms with Gasteiger partial charge in [0.05, 0.1) is 17.1 Å². The van der Waals surface area contributed by atoms with Crippen LogP contribution in [-0.4, -0.2) is 30.0 Å². The fraction of sp³-hybridized carbons (Fsp3) is 0.148. The number of benzene rings is 3. The third kappa shape index (κ3) is 5.08. The first-order valence-electron chi connectivity index (χ1n) is 11.2. The van der Waals surface area contributed by atoms with Crippen LogP contribution in [0.15, 0.2) is 72.3 Å². The van der Waals surface area contributed by atoms with Crippen LogP contribution in [0.25, 0.3) is 6.08 Å². The van der Waals surface area contributed by atoms with Crippen LogP contribution in [0.5, 0.6) is 11.5 Å². The number of nitro benzene ring substituents is 1. The summed E-state index contributed by atoms with van der Waals surface area (Å²) in [6.45, 7) is 2.51. The number of nitriles is 1. The van der Waals surface area contributed by atoms with Gasteiger partial charge in [0.25, 0.3) is 11.6 Å². The van der Waals surface area contributed by atoms with Gasteiger partial charge < -0.3 is 14.4 Å².